The average Bonchev–Trinajstić information content (AvgIpc) is 3.91. The van der Waals surface area contributed by atoms with Crippen molar-refractivity contribution in [3.63, 3.8) is 0 Å². The Morgan fingerprint density at radius 3 is 2.67 bits per heavy atom. The van der Waals surface area contributed by atoms with E-state index in [1.54, 1.807) is 19.1 Å². The Morgan fingerprint density at radius 1 is 1.21 bits per heavy atom. The predicted octanol–water partition coefficient (Wildman–Crippen LogP) is 6.93. The van der Waals surface area contributed by atoms with Gasteiger partial charge in [-0.3, -0.25) is 14.7 Å². The monoisotopic (exact) mass is 601 g/mol. The summed E-state index contributed by atoms with van der Waals surface area (Å²) >= 11 is 5.97. The number of carboxylic acid groups (broad SMARTS) is 1. The van der Waals surface area contributed by atoms with E-state index >= 15 is 0 Å². The number of fused-ring (bicyclic) bond motifs is 1. The number of carbonyl (C=O) groups is 1. The molecule has 4 aliphatic rings. The van der Waals surface area contributed by atoms with E-state index in [0.29, 0.717) is 41.5 Å². The second-order valence-corrected chi connectivity index (χ2v) is 13.2. The number of likely N-dealkylation sites (tertiary alicyclic amines) is 1. The van der Waals surface area contributed by atoms with Gasteiger partial charge in [-0.05, 0) is 98.8 Å². The van der Waals surface area contributed by atoms with Crippen molar-refractivity contribution in [2.75, 3.05) is 13.1 Å². The van der Waals surface area contributed by atoms with Crippen molar-refractivity contribution in [1.29, 1.82) is 5.26 Å². The average molecular weight is 602 g/mol. The fourth-order valence-corrected chi connectivity index (χ4v) is 6.94. The smallest absolute Gasteiger partial charge is 0.307 e. The Morgan fingerprint density at radius 2 is 2.00 bits per heavy atom. The van der Waals surface area contributed by atoms with Gasteiger partial charge in [0.05, 0.1) is 28.7 Å². The zero-order chi connectivity index (χ0) is 29.9. The van der Waals surface area contributed by atoms with Crippen LogP contribution in [0, 0.1) is 28.5 Å². The van der Waals surface area contributed by atoms with E-state index in [1.807, 2.05) is 18.3 Å². The molecule has 1 aromatic heterocycles. The van der Waals surface area contributed by atoms with Crippen molar-refractivity contribution in [1.82, 2.24) is 9.88 Å². The largest absolute Gasteiger partial charge is 0.481 e. The number of carboxylic acids is 1. The Bertz CT molecular complexity index is 1650. The Kier molecular flexibility index (Phi) is 6.87. The molecule has 2 aliphatic heterocycles. The molecule has 0 bridgehead atoms. The minimum atomic E-state index is -1.28. The number of rotatable bonds is 8. The lowest BCUT2D eigenvalue weighted by atomic mass is 9.88. The number of hydrogen-bond acceptors (Lipinski definition) is 6. The Labute approximate surface area is 255 Å². The first kappa shape index (κ1) is 28.1. The standard InChI is InChI=1S/C34H33ClFN3O4/c1-33(27-6-5-23(35)14-28(27)36)42-30-4-2-3-24(31(30)43-33)20-7-11-39(12-8-20)18-29-21(16-34(19-37)9-10-34)13-22(17-38-29)25-15-26(25)32(40)41/h2-6,13-14,17,20,25-26H,7-12,15-16,18H2,1H3,(H,40,41)/t25-,26?,33-/m1/s1. The van der Waals surface area contributed by atoms with Crippen molar-refractivity contribution in [2.45, 2.75) is 69.6 Å². The number of nitriles is 1. The van der Waals surface area contributed by atoms with Gasteiger partial charge in [0.15, 0.2) is 11.5 Å². The summed E-state index contributed by atoms with van der Waals surface area (Å²) in [5.41, 5.74) is 4.10. The summed E-state index contributed by atoms with van der Waals surface area (Å²) in [5.74, 6) is -1.28. The van der Waals surface area contributed by atoms with Crippen LogP contribution in [0.1, 0.15) is 78.8 Å². The molecule has 43 heavy (non-hydrogen) atoms. The van der Waals surface area contributed by atoms with Crippen LogP contribution in [0.5, 0.6) is 11.5 Å². The zero-order valence-corrected chi connectivity index (χ0v) is 24.7. The quantitative estimate of drug-likeness (QED) is 0.299. The van der Waals surface area contributed by atoms with Crippen LogP contribution in [0.4, 0.5) is 4.39 Å². The maximum atomic E-state index is 14.8. The van der Waals surface area contributed by atoms with Gasteiger partial charge in [-0.25, -0.2) is 4.39 Å². The zero-order valence-electron chi connectivity index (χ0n) is 24.0. The van der Waals surface area contributed by atoms with Crippen LogP contribution in [-0.4, -0.2) is 34.0 Å². The molecule has 3 heterocycles. The van der Waals surface area contributed by atoms with Crippen molar-refractivity contribution >= 4 is 17.6 Å². The molecule has 1 saturated heterocycles. The summed E-state index contributed by atoms with van der Waals surface area (Å²) in [6, 6.07) is 15.0. The third-order valence-corrected chi connectivity index (χ3v) is 9.90. The van der Waals surface area contributed by atoms with Gasteiger partial charge >= 0.3 is 5.97 Å². The fraction of sp³-hybridized carbons (Fsp3) is 0.441. The van der Waals surface area contributed by atoms with Gasteiger partial charge in [0.2, 0.25) is 0 Å². The van der Waals surface area contributed by atoms with Gasteiger partial charge in [-0.15, -0.1) is 0 Å². The minimum Gasteiger partial charge on any atom is -0.481 e. The van der Waals surface area contributed by atoms with Gasteiger partial charge in [0.25, 0.3) is 5.79 Å². The van der Waals surface area contributed by atoms with Crippen LogP contribution >= 0.6 is 11.6 Å². The van der Waals surface area contributed by atoms with Gasteiger partial charge in [-0.2, -0.15) is 5.26 Å². The van der Waals surface area contributed by atoms with Gasteiger partial charge < -0.3 is 14.6 Å². The number of nitrogens with zero attached hydrogens (tertiary/aromatic N) is 3. The van der Waals surface area contributed by atoms with Gasteiger partial charge in [-0.1, -0.05) is 29.8 Å². The van der Waals surface area contributed by atoms with Gasteiger partial charge in [0, 0.05) is 30.3 Å². The molecular formula is C34H33ClFN3O4. The summed E-state index contributed by atoms with van der Waals surface area (Å²) in [5, 5.41) is 19.5. The molecule has 7 rings (SSSR count). The van der Waals surface area contributed by atoms with E-state index in [1.165, 1.54) is 6.07 Å². The maximum absolute atomic E-state index is 14.8. The molecule has 2 aliphatic carbocycles. The number of aromatic nitrogens is 1. The molecule has 0 spiro atoms. The number of halogens is 2. The summed E-state index contributed by atoms with van der Waals surface area (Å²) in [4.78, 5) is 18.7. The van der Waals surface area contributed by atoms with E-state index in [9.17, 15) is 19.6 Å². The molecule has 7 nitrogen and oxygen atoms in total. The molecule has 3 atom stereocenters. The fourth-order valence-electron chi connectivity index (χ4n) is 6.79. The van der Waals surface area contributed by atoms with Crippen LogP contribution < -0.4 is 9.47 Å². The molecule has 222 valence electrons. The first-order valence-corrected chi connectivity index (χ1v) is 15.4. The van der Waals surface area contributed by atoms with Crippen LogP contribution in [0.15, 0.2) is 48.7 Å². The molecule has 3 fully saturated rings. The summed E-state index contributed by atoms with van der Waals surface area (Å²) in [6.07, 6.45) is 6.80. The van der Waals surface area contributed by atoms with E-state index in [-0.39, 0.29) is 23.2 Å². The normalized spacial score (nSPS) is 25.7. The Hall–Kier alpha value is -3.67. The molecule has 2 aromatic carbocycles. The molecule has 2 saturated carbocycles. The van der Waals surface area contributed by atoms with Crippen LogP contribution in [-0.2, 0) is 23.5 Å². The summed E-state index contributed by atoms with van der Waals surface area (Å²) < 4.78 is 27.3. The molecule has 0 amide bonds. The van der Waals surface area contributed by atoms with E-state index in [2.05, 4.69) is 23.1 Å². The van der Waals surface area contributed by atoms with Crippen molar-refractivity contribution in [2.24, 2.45) is 11.3 Å². The third-order valence-electron chi connectivity index (χ3n) is 9.67. The summed E-state index contributed by atoms with van der Waals surface area (Å²) in [6.45, 7) is 4.16. The highest BCUT2D eigenvalue weighted by Crippen LogP contribution is 2.52. The van der Waals surface area contributed by atoms with E-state index < -0.39 is 17.6 Å². The lowest BCUT2D eigenvalue weighted by Gasteiger charge is -2.33. The van der Waals surface area contributed by atoms with E-state index in [4.69, 9.17) is 26.1 Å². The SMILES string of the molecule is C[C@@]1(c2ccc(Cl)cc2F)Oc2cccc(C3CCN(Cc4ncc([C@H]5CC5C(=O)O)cc4CC4(C#N)CC4)CC3)c2O1. The lowest BCUT2D eigenvalue weighted by Crippen LogP contribution is -2.34. The second kappa shape index (κ2) is 10.5. The number of pyridine rings is 1. The van der Waals surface area contributed by atoms with E-state index in [0.717, 1.165) is 61.2 Å². The molecule has 0 radical (unpaired) electrons. The molecule has 9 heteroatoms. The molecule has 1 N–H and O–H groups in total. The Balaban J connectivity index is 1.05. The first-order valence-electron chi connectivity index (χ1n) is 15.0. The highest BCUT2D eigenvalue weighted by molar-refractivity contribution is 6.30. The number of ether oxygens (including phenoxy) is 2. The number of para-hydroxylation sites is 1. The minimum absolute atomic E-state index is 0.0163. The van der Waals surface area contributed by atoms with Gasteiger partial charge in [0.1, 0.15) is 5.82 Å². The van der Waals surface area contributed by atoms with Crippen LogP contribution in [0.2, 0.25) is 5.02 Å². The van der Waals surface area contributed by atoms with Crippen LogP contribution in [0.25, 0.3) is 0 Å². The molecule has 3 aromatic rings. The van der Waals surface area contributed by atoms with Crippen molar-refractivity contribution < 1.29 is 23.8 Å². The number of aliphatic carboxylic acids is 1. The third kappa shape index (κ3) is 5.34. The molecule has 1 unspecified atom stereocenters. The van der Waals surface area contributed by atoms with Crippen molar-refractivity contribution in [3.05, 3.63) is 87.4 Å². The first-order chi connectivity index (χ1) is 20.7. The highest BCUT2D eigenvalue weighted by atomic mass is 35.5. The van der Waals surface area contributed by atoms with Crippen molar-refractivity contribution in [3.8, 4) is 17.6 Å². The predicted molar refractivity (Wildman–Crippen MR) is 157 cm³/mol. The maximum Gasteiger partial charge on any atom is 0.307 e. The number of piperidine rings is 1. The topological polar surface area (TPSA) is 95.7 Å². The lowest BCUT2D eigenvalue weighted by molar-refractivity contribution is -0.138. The van der Waals surface area contributed by atoms with Crippen LogP contribution in [0.3, 0.4) is 0 Å². The number of benzene rings is 2. The summed E-state index contributed by atoms with van der Waals surface area (Å²) in [7, 11) is 0. The number of hydrogen-bond donors (Lipinski definition) is 1. The highest BCUT2D eigenvalue weighted by Gasteiger charge is 2.47. The second-order valence-electron chi connectivity index (χ2n) is 12.7. The molecular weight excluding hydrogens is 569 g/mol.